The number of hydrogen-bond acceptors (Lipinski definition) is 4. The van der Waals surface area contributed by atoms with Gasteiger partial charge in [-0.25, -0.2) is 8.42 Å². The molecule has 3 rings (SSSR count). The van der Waals surface area contributed by atoms with Gasteiger partial charge in [-0.2, -0.15) is 0 Å². The lowest BCUT2D eigenvalue weighted by Gasteiger charge is -2.29. The smallest absolute Gasteiger partial charge is 0.241 e. The Hall–Kier alpha value is -1.96. The Morgan fingerprint density at radius 1 is 1.06 bits per heavy atom. The number of amides is 1. The summed E-state index contributed by atoms with van der Waals surface area (Å²) in [6, 6.07) is 12.3. The number of hydrogen-bond donors (Lipinski definition) is 1. The molecular formula is C22H27Cl2N3O3S. The van der Waals surface area contributed by atoms with Crippen molar-refractivity contribution in [3.05, 3.63) is 58.1 Å². The van der Waals surface area contributed by atoms with Crippen LogP contribution in [0.5, 0.6) is 0 Å². The van der Waals surface area contributed by atoms with E-state index < -0.39 is 15.9 Å². The summed E-state index contributed by atoms with van der Waals surface area (Å²) < 4.78 is 25.6. The minimum absolute atomic E-state index is 0.218. The highest BCUT2D eigenvalue weighted by atomic mass is 35.5. The SMILES string of the molecule is CC(NC(=O)CN(c1ccc(Cl)c(Cl)c1)S(C)(=O)=O)c1ccc(N2CCCCC2)cc1. The third-order valence-corrected chi connectivity index (χ3v) is 7.25. The quantitative estimate of drug-likeness (QED) is 0.623. The van der Waals surface area contributed by atoms with E-state index >= 15 is 0 Å². The van der Waals surface area contributed by atoms with E-state index in [2.05, 4.69) is 22.3 Å². The number of benzene rings is 2. The summed E-state index contributed by atoms with van der Waals surface area (Å²) in [5, 5.41) is 3.40. The standard InChI is InChI=1S/C22H27Cl2N3O3S/c1-16(17-6-8-18(9-7-17)26-12-4-3-5-13-26)25-22(28)15-27(31(2,29)30)19-10-11-20(23)21(24)14-19/h6-11,14,16H,3-5,12-13,15H2,1-2H3,(H,25,28). The molecule has 0 bridgehead atoms. The molecule has 6 nitrogen and oxygen atoms in total. The van der Waals surface area contributed by atoms with E-state index in [4.69, 9.17) is 23.2 Å². The van der Waals surface area contributed by atoms with Crippen molar-refractivity contribution >= 4 is 50.5 Å². The van der Waals surface area contributed by atoms with Crippen molar-refractivity contribution in [1.82, 2.24) is 5.32 Å². The summed E-state index contributed by atoms with van der Waals surface area (Å²) >= 11 is 11.9. The van der Waals surface area contributed by atoms with Crippen LogP contribution in [0, 0.1) is 0 Å². The number of carbonyl (C=O) groups is 1. The number of carbonyl (C=O) groups excluding carboxylic acids is 1. The topological polar surface area (TPSA) is 69.7 Å². The fourth-order valence-electron chi connectivity index (χ4n) is 3.67. The van der Waals surface area contributed by atoms with Crippen molar-refractivity contribution in [3.8, 4) is 0 Å². The second-order valence-electron chi connectivity index (χ2n) is 7.80. The van der Waals surface area contributed by atoms with E-state index in [9.17, 15) is 13.2 Å². The van der Waals surface area contributed by atoms with Gasteiger partial charge in [-0.3, -0.25) is 9.10 Å². The van der Waals surface area contributed by atoms with Gasteiger partial charge in [-0.15, -0.1) is 0 Å². The van der Waals surface area contributed by atoms with Crippen LogP contribution in [0.4, 0.5) is 11.4 Å². The van der Waals surface area contributed by atoms with Crippen molar-refractivity contribution in [2.75, 3.05) is 35.1 Å². The molecule has 1 aliphatic rings. The van der Waals surface area contributed by atoms with Gasteiger partial charge in [0, 0.05) is 18.8 Å². The van der Waals surface area contributed by atoms with Crippen LogP contribution in [0.2, 0.25) is 10.0 Å². The van der Waals surface area contributed by atoms with E-state index in [-0.39, 0.29) is 23.3 Å². The van der Waals surface area contributed by atoms with E-state index in [1.165, 1.54) is 43.1 Å². The molecule has 0 aromatic heterocycles. The fraction of sp³-hybridized carbons (Fsp3) is 0.409. The average Bonchev–Trinajstić information content (AvgIpc) is 2.74. The highest BCUT2D eigenvalue weighted by Gasteiger charge is 2.22. The first-order valence-electron chi connectivity index (χ1n) is 10.2. The number of nitrogens with zero attached hydrogens (tertiary/aromatic N) is 2. The van der Waals surface area contributed by atoms with Gasteiger partial charge in [0.15, 0.2) is 0 Å². The highest BCUT2D eigenvalue weighted by Crippen LogP contribution is 2.28. The Kier molecular flexibility index (Phi) is 7.73. The number of sulfonamides is 1. The maximum atomic E-state index is 12.6. The second-order valence-corrected chi connectivity index (χ2v) is 10.5. The van der Waals surface area contributed by atoms with Crippen LogP contribution >= 0.6 is 23.2 Å². The minimum Gasteiger partial charge on any atom is -0.372 e. The zero-order valence-electron chi connectivity index (χ0n) is 17.6. The van der Waals surface area contributed by atoms with Gasteiger partial charge in [-0.1, -0.05) is 35.3 Å². The summed E-state index contributed by atoms with van der Waals surface area (Å²) in [4.78, 5) is 15.0. The highest BCUT2D eigenvalue weighted by molar-refractivity contribution is 7.92. The Bertz CT molecular complexity index is 1020. The van der Waals surface area contributed by atoms with Gasteiger partial charge >= 0.3 is 0 Å². The number of nitrogens with one attached hydrogen (secondary N) is 1. The van der Waals surface area contributed by atoms with Crippen LogP contribution in [-0.4, -0.2) is 40.2 Å². The Morgan fingerprint density at radius 2 is 1.71 bits per heavy atom. The van der Waals surface area contributed by atoms with Crippen LogP contribution in [0.1, 0.15) is 37.8 Å². The van der Waals surface area contributed by atoms with Crippen LogP contribution in [0.3, 0.4) is 0 Å². The van der Waals surface area contributed by atoms with Crippen molar-refractivity contribution in [3.63, 3.8) is 0 Å². The monoisotopic (exact) mass is 483 g/mol. The summed E-state index contributed by atoms with van der Waals surface area (Å²) in [6.07, 6.45) is 4.75. The van der Waals surface area contributed by atoms with Crippen LogP contribution in [0.25, 0.3) is 0 Å². The summed E-state index contributed by atoms with van der Waals surface area (Å²) in [5.74, 6) is -0.413. The van der Waals surface area contributed by atoms with E-state index in [1.807, 2.05) is 19.1 Å². The third-order valence-electron chi connectivity index (χ3n) is 5.37. The normalized spacial score (nSPS) is 15.4. The second kappa shape index (κ2) is 10.1. The molecule has 1 N–H and O–H groups in total. The maximum Gasteiger partial charge on any atom is 0.241 e. The molecule has 0 saturated carbocycles. The molecule has 1 saturated heterocycles. The predicted molar refractivity (Wildman–Crippen MR) is 128 cm³/mol. The first-order valence-corrected chi connectivity index (χ1v) is 12.8. The van der Waals surface area contributed by atoms with Gasteiger partial charge in [0.25, 0.3) is 0 Å². The van der Waals surface area contributed by atoms with Crippen molar-refractivity contribution in [2.24, 2.45) is 0 Å². The third kappa shape index (κ3) is 6.28. The molecule has 1 atom stereocenters. The first-order chi connectivity index (χ1) is 14.6. The molecule has 0 spiro atoms. The number of piperidine rings is 1. The van der Waals surface area contributed by atoms with Crippen LogP contribution in [-0.2, 0) is 14.8 Å². The molecule has 9 heteroatoms. The lowest BCUT2D eigenvalue weighted by molar-refractivity contribution is -0.120. The Balaban J connectivity index is 1.66. The van der Waals surface area contributed by atoms with Gasteiger partial charge in [-0.05, 0) is 62.1 Å². The maximum absolute atomic E-state index is 12.6. The van der Waals surface area contributed by atoms with Crippen LogP contribution < -0.4 is 14.5 Å². The zero-order chi connectivity index (χ0) is 22.6. The fourth-order valence-corrected chi connectivity index (χ4v) is 4.81. The predicted octanol–water partition coefficient (Wildman–Crippen LogP) is 4.63. The molecule has 1 heterocycles. The molecule has 0 aliphatic carbocycles. The molecule has 1 unspecified atom stereocenters. The lowest BCUT2D eigenvalue weighted by atomic mass is 10.1. The summed E-state index contributed by atoms with van der Waals surface area (Å²) in [6.45, 7) is 3.66. The van der Waals surface area contributed by atoms with E-state index in [1.54, 1.807) is 0 Å². The molecule has 1 fully saturated rings. The van der Waals surface area contributed by atoms with Gasteiger partial charge in [0.2, 0.25) is 15.9 Å². The molecule has 1 amide bonds. The van der Waals surface area contributed by atoms with Gasteiger partial charge in [0.1, 0.15) is 6.54 Å². The Morgan fingerprint density at radius 3 is 2.29 bits per heavy atom. The zero-order valence-corrected chi connectivity index (χ0v) is 20.0. The largest absolute Gasteiger partial charge is 0.372 e. The summed E-state index contributed by atoms with van der Waals surface area (Å²) in [5.41, 5.74) is 2.42. The number of rotatable bonds is 7. The van der Waals surface area contributed by atoms with E-state index in [0.29, 0.717) is 5.02 Å². The minimum atomic E-state index is -3.70. The Labute approximate surface area is 194 Å². The lowest BCUT2D eigenvalue weighted by Crippen LogP contribution is -2.41. The molecule has 2 aromatic carbocycles. The van der Waals surface area contributed by atoms with Crippen molar-refractivity contribution < 1.29 is 13.2 Å². The van der Waals surface area contributed by atoms with Gasteiger partial charge in [0.05, 0.1) is 28.0 Å². The van der Waals surface area contributed by atoms with Crippen LogP contribution in [0.15, 0.2) is 42.5 Å². The van der Waals surface area contributed by atoms with E-state index in [0.717, 1.165) is 29.2 Å². The first kappa shape index (κ1) is 23.7. The van der Waals surface area contributed by atoms with Crippen molar-refractivity contribution in [1.29, 1.82) is 0 Å². The molecule has 2 aromatic rings. The summed E-state index contributed by atoms with van der Waals surface area (Å²) in [7, 11) is -3.70. The molecule has 1 aliphatic heterocycles. The molecule has 0 radical (unpaired) electrons. The number of halogens is 2. The number of anilines is 2. The van der Waals surface area contributed by atoms with Crippen molar-refractivity contribution in [2.45, 2.75) is 32.2 Å². The van der Waals surface area contributed by atoms with Gasteiger partial charge < -0.3 is 10.2 Å². The molecular weight excluding hydrogens is 457 g/mol. The molecule has 31 heavy (non-hydrogen) atoms. The average molecular weight is 484 g/mol. The molecule has 168 valence electrons.